The molecule has 1 unspecified atom stereocenters. The van der Waals surface area contributed by atoms with Gasteiger partial charge in [0.15, 0.2) is 0 Å². The van der Waals surface area contributed by atoms with Crippen LogP contribution in [0.5, 0.6) is 0 Å². The highest BCUT2D eigenvalue weighted by molar-refractivity contribution is 6.00. The Kier molecular flexibility index (Phi) is 5.76. The van der Waals surface area contributed by atoms with Gasteiger partial charge in [-0.2, -0.15) is 5.10 Å². The Morgan fingerprint density at radius 3 is 2.64 bits per heavy atom. The summed E-state index contributed by atoms with van der Waals surface area (Å²) in [6.45, 7) is 4.10. The molecule has 134 valence electrons. The minimum atomic E-state index is -0.448. The van der Waals surface area contributed by atoms with E-state index >= 15 is 0 Å². The zero-order valence-corrected chi connectivity index (χ0v) is 14.8. The first kappa shape index (κ1) is 18.9. The van der Waals surface area contributed by atoms with Gasteiger partial charge < -0.3 is 10.2 Å². The second-order valence-electron chi connectivity index (χ2n) is 5.98. The minimum absolute atomic E-state index is 0. The molecule has 25 heavy (non-hydrogen) atoms. The average Bonchev–Trinajstić information content (AvgIpc) is 2.96. The van der Waals surface area contributed by atoms with Crippen LogP contribution in [0.25, 0.3) is 11.3 Å². The van der Waals surface area contributed by atoms with E-state index in [1.54, 1.807) is 30.1 Å². The Bertz CT molecular complexity index is 775. The molecule has 1 N–H and O–H groups in total. The fourth-order valence-electron chi connectivity index (χ4n) is 2.89. The Morgan fingerprint density at radius 1 is 1.36 bits per heavy atom. The minimum Gasteiger partial charge on any atom is -0.336 e. The summed E-state index contributed by atoms with van der Waals surface area (Å²) in [4.78, 5) is 25.0. The van der Waals surface area contributed by atoms with Gasteiger partial charge in [-0.05, 0) is 19.1 Å². The molecule has 0 bridgehead atoms. The number of hydrogen-bond acceptors (Lipinski definition) is 5. The van der Waals surface area contributed by atoms with E-state index in [0.29, 0.717) is 29.9 Å². The molecule has 2 heterocycles. The van der Waals surface area contributed by atoms with E-state index in [-0.39, 0.29) is 30.0 Å². The number of benzene rings is 1. The monoisotopic (exact) mass is 365 g/mol. The van der Waals surface area contributed by atoms with E-state index in [0.717, 1.165) is 6.54 Å². The van der Waals surface area contributed by atoms with E-state index in [4.69, 9.17) is 0 Å². The molecular formula is C16H20ClN5O3. The van der Waals surface area contributed by atoms with Crippen molar-refractivity contribution in [3.63, 3.8) is 0 Å². The number of carbonyl (C=O) groups excluding carboxylic acids is 1. The summed E-state index contributed by atoms with van der Waals surface area (Å²) in [5.74, 6) is -0.0650. The molecule has 1 atom stereocenters. The Morgan fingerprint density at radius 2 is 2.04 bits per heavy atom. The van der Waals surface area contributed by atoms with Crippen LogP contribution in [0.4, 0.5) is 5.69 Å². The van der Waals surface area contributed by atoms with E-state index in [1.807, 2.05) is 11.8 Å². The first-order valence-corrected chi connectivity index (χ1v) is 7.77. The van der Waals surface area contributed by atoms with Gasteiger partial charge in [-0.25, -0.2) is 0 Å². The number of aromatic nitrogens is 2. The number of carbonyl (C=O) groups is 1. The molecule has 0 radical (unpaired) electrons. The maximum absolute atomic E-state index is 12.9. The van der Waals surface area contributed by atoms with Crippen molar-refractivity contribution < 1.29 is 9.72 Å². The van der Waals surface area contributed by atoms with Crippen molar-refractivity contribution in [1.82, 2.24) is 20.0 Å². The SMILES string of the molecule is CC1CN(C(=O)c2cn(C)nc2-c2ccc([N+](=O)[O-])cc2)CCN1.Cl. The molecular weight excluding hydrogens is 346 g/mol. The molecule has 1 aliphatic rings. The third kappa shape index (κ3) is 3.97. The van der Waals surface area contributed by atoms with Crippen LogP contribution < -0.4 is 5.32 Å². The number of hydrogen-bond donors (Lipinski definition) is 1. The number of amides is 1. The molecule has 1 saturated heterocycles. The molecule has 0 spiro atoms. The highest BCUT2D eigenvalue weighted by atomic mass is 35.5. The Balaban J connectivity index is 0.00000225. The van der Waals surface area contributed by atoms with Gasteiger partial charge in [-0.15, -0.1) is 12.4 Å². The molecule has 1 fully saturated rings. The number of halogens is 1. The van der Waals surface area contributed by atoms with Gasteiger partial charge >= 0.3 is 0 Å². The van der Waals surface area contributed by atoms with Crippen LogP contribution in [0, 0.1) is 10.1 Å². The normalized spacial score (nSPS) is 17.0. The summed E-state index contributed by atoms with van der Waals surface area (Å²) < 4.78 is 1.59. The van der Waals surface area contributed by atoms with Gasteiger partial charge in [0.1, 0.15) is 5.69 Å². The number of aryl methyl sites for hydroxylation is 1. The topological polar surface area (TPSA) is 93.3 Å². The van der Waals surface area contributed by atoms with E-state index in [2.05, 4.69) is 10.4 Å². The molecule has 0 aliphatic carbocycles. The summed E-state index contributed by atoms with van der Waals surface area (Å²) in [6, 6.07) is 6.34. The highest BCUT2D eigenvalue weighted by Crippen LogP contribution is 2.25. The zero-order valence-electron chi connectivity index (χ0n) is 14.0. The zero-order chi connectivity index (χ0) is 17.3. The molecule has 1 aromatic heterocycles. The van der Waals surface area contributed by atoms with E-state index in [1.165, 1.54) is 12.1 Å². The number of nitro benzene ring substituents is 1. The summed E-state index contributed by atoms with van der Waals surface area (Å²) >= 11 is 0. The van der Waals surface area contributed by atoms with Crippen LogP contribution in [0.2, 0.25) is 0 Å². The van der Waals surface area contributed by atoms with Crippen molar-refractivity contribution in [1.29, 1.82) is 0 Å². The van der Waals surface area contributed by atoms with Crippen LogP contribution in [0.1, 0.15) is 17.3 Å². The lowest BCUT2D eigenvalue weighted by Crippen LogP contribution is -2.51. The largest absolute Gasteiger partial charge is 0.336 e. The third-order valence-corrected chi connectivity index (χ3v) is 4.07. The summed E-state index contributed by atoms with van der Waals surface area (Å²) in [5, 5.41) is 18.5. The quantitative estimate of drug-likeness (QED) is 0.661. The number of nitrogens with one attached hydrogen (secondary N) is 1. The summed E-state index contributed by atoms with van der Waals surface area (Å²) in [7, 11) is 1.76. The molecule has 3 rings (SSSR count). The highest BCUT2D eigenvalue weighted by Gasteiger charge is 2.26. The first-order chi connectivity index (χ1) is 11.5. The maximum Gasteiger partial charge on any atom is 0.269 e. The second kappa shape index (κ2) is 7.62. The van der Waals surface area contributed by atoms with Gasteiger partial charge in [-0.1, -0.05) is 0 Å². The Labute approximate surface area is 151 Å². The molecule has 1 aromatic carbocycles. The summed E-state index contributed by atoms with van der Waals surface area (Å²) in [6.07, 6.45) is 1.70. The van der Waals surface area contributed by atoms with Gasteiger partial charge in [0.05, 0.1) is 10.5 Å². The van der Waals surface area contributed by atoms with Crippen LogP contribution in [-0.4, -0.2) is 51.2 Å². The number of nitro groups is 1. The fraction of sp³-hybridized carbons (Fsp3) is 0.375. The Hall–Kier alpha value is -2.45. The number of rotatable bonds is 3. The fourth-order valence-corrected chi connectivity index (χ4v) is 2.89. The smallest absolute Gasteiger partial charge is 0.269 e. The number of non-ortho nitro benzene ring substituents is 1. The van der Waals surface area contributed by atoms with Gasteiger partial charge in [0.2, 0.25) is 0 Å². The standard InChI is InChI=1S/C16H19N5O3.ClH/c1-11-9-20(8-7-17-11)16(22)14-10-19(2)18-15(14)12-3-5-13(6-4-12)21(23)24;/h3-6,10-11,17H,7-9H2,1-2H3;1H. The number of nitrogens with zero attached hydrogens (tertiary/aromatic N) is 4. The van der Waals surface area contributed by atoms with Gasteiger partial charge in [0.25, 0.3) is 11.6 Å². The molecule has 1 amide bonds. The van der Waals surface area contributed by atoms with Crippen molar-refractivity contribution in [2.24, 2.45) is 7.05 Å². The molecule has 2 aromatic rings. The molecule has 0 saturated carbocycles. The average molecular weight is 366 g/mol. The predicted molar refractivity (Wildman–Crippen MR) is 95.9 cm³/mol. The van der Waals surface area contributed by atoms with Crippen LogP contribution in [-0.2, 0) is 7.05 Å². The lowest BCUT2D eigenvalue weighted by atomic mass is 10.1. The summed E-state index contributed by atoms with van der Waals surface area (Å²) in [5.41, 5.74) is 1.76. The lowest BCUT2D eigenvalue weighted by molar-refractivity contribution is -0.384. The van der Waals surface area contributed by atoms with Crippen molar-refractivity contribution in [3.8, 4) is 11.3 Å². The second-order valence-corrected chi connectivity index (χ2v) is 5.98. The van der Waals surface area contributed by atoms with Crippen molar-refractivity contribution in [2.75, 3.05) is 19.6 Å². The van der Waals surface area contributed by atoms with Crippen LogP contribution >= 0.6 is 12.4 Å². The maximum atomic E-state index is 12.9. The van der Waals surface area contributed by atoms with Gasteiger partial charge in [-0.3, -0.25) is 19.6 Å². The molecule has 9 heteroatoms. The van der Waals surface area contributed by atoms with E-state index in [9.17, 15) is 14.9 Å². The van der Waals surface area contributed by atoms with Crippen molar-refractivity contribution in [2.45, 2.75) is 13.0 Å². The third-order valence-electron chi connectivity index (χ3n) is 4.07. The van der Waals surface area contributed by atoms with E-state index < -0.39 is 4.92 Å². The van der Waals surface area contributed by atoms with Crippen molar-refractivity contribution >= 4 is 24.0 Å². The lowest BCUT2D eigenvalue weighted by Gasteiger charge is -2.31. The van der Waals surface area contributed by atoms with Crippen molar-refractivity contribution in [3.05, 3.63) is 46.1 Å². The molecule has 1 aliphatic heterocycles. The van der Waals surface area contributed by atoms with Crippen LogP contribution in [0.3, 0.4) is 0 Å². The van der Waals surface area contributed by atoms with Crippen LogP contribution in [0.15, 0.2) is 30.5 Å². The number of piperazine rings is 1. The predicted octanol–water partition coefficient (Wildman–Crippen LogP) is 1.85. The van der Waals surface area contributed by atoms with Gasteiger partial charge in [0, 0.05) is 56.6 Å². The first-order valence-electron chi connectivity index (χ1n) is 7.77. The molecule has 8 nitrogen and oxygen atoms in total.